The van der Waals surface area contributed by atoms with Gasteiger partial charge in [0.15, 0.2) is 0 Å². The molecule has 0 saturated heterocycles. The van der Waals surface area contributed by atoms with E-state index in [2.05, 4.69) is 31.2 Å². The molecule has 1 aromatic carbocycles. The SMILES string of the molecule is CCCCCc1ccc(C2(O)CCC(C(=O)OCC)CC2)cc1. The molecule has 0 aliphatic heterocycles. The minimum Gasteiger partial charge on any atom is -0.466 e. The summed E-state index contributed by atoms with van der Waals surface area (Å²) < 4.78 is 5.10. The van der Waals surface area contributed by atoms with Gasteiger partial charge < -0.3 is 9.84 Å². The lowest BCUT2D eigenvalue weighted by Gasteiger charge is -2.35. The molecule has 2 rings (SSSR count). The zero-order chi connectivity index (χ0) is 16.7. The molecule has 1 aromatic rings. The molecule has 3 nitrogen and oxygen atoms in total. The third-order valence-corrected chi connectivity index (χ3v) is 4.99. The highest BCUT2D eigenvalue weighted by Crippen LogP contribution is 2.40. The topological polar surface area (TPSA) is 46.5 Å². The van der Waals surface area contributed by atoms with Gasteiger partial charge in [0.1, 0.15) is 0 Å². The molecule has 1 saturated carbocycles. The Balaban J connectivity index is 1.92. The molecule has 1 aliphatic carbocycles. The fraction of sp³-hybridized carbons (Fsp3) is 0.650. The van der Waals surface area contributed by atoms with Crippen molar-refractivity contribution in [2.24, 2.45) is 5.92 Å². The molecule has 128 valence electrons. The second-order valence-electron chi connectivity index (χ2n) is 6.71. The highest BCUT2D eigenvalue weighted by Gasteiger charge is 2.37. The lowest BCUT2D eigenvalue weighted by molar-refractivity contribution is -0.151. The molecular formula is C20H30O3. The van der Waals surface area contributed by atoms with Gasteiger partial charge in [-0.2, -0.15) is 0 Å². The number of unbranched alkanes of at least 4 members (excludes halogenated alkanes) is 2. The van der Waals surface area contributed by atoms with Gasteiger partial charge in [-0.05, 0) is 56.6 Å². The van der Waals surface area contributed by atoms with Gasteiger partial charge in [-0.1, -0.05) is 44.0 Å². The van der Waals surface area contributed by atoms with E-state index < -0.39 is 5.60 Å². The molecule has 0 unspecified atom stereocenters. The maximum Gasteiger partial charge on any atom is 0.308 e. The number of hydrogen-bond acceptors (Lipinski definition) is 3. The first-order valence-electron chi connectivity index (χ1n) is 9.07. The number of benzene rings is 1. The number of aliphatic hydroxyl groups is 1. The van der Waals surface area contributed by atoms with Crippen LogP contribution in [-0.2, 0) is 21.6 Å². The van der Waals surface area contributed by atoms with Gasteiger partial charge in [-0.15, -0.1) is 0 Å². The maximum absolute atomic E-state index is 11.8. The van der Waals surface area contributed by atoms with Crippen LogP contribution in [0.15, 0.2) is 24.3 Å². The third kappa shape index (κ3) is 4.81. The summed E-state index contributed by atoms with van der Waals surface area (Å²) in [6, 6.07) is 8.40. The van der Waals surface area contributed by atoms with E-state index in [-0.39, 0.29) is 11.9 Å². The average Bonchev–Trinajstić information content (AvgIpc) is 2.56. The summed E-state index contributed by atoms with van der Waals surface area (Å²) in [5, 5.41) is 10.9. The highest BCUT2D eigenvalue weighted by molar-refractivity contribution is 5.72. The Kier molecular flexibility index (Phi) is 6.64. The minimum atomic E-state index is -0.787. The van der Waals surface area contributed by atoms with Crippen molar-refractivity contribution in [1.82, 2.24) is 0 Å². The molecule has 23 heavy (non-hydrogen) atoms. The molecule has 0 amide bonds. The second-order valence-corrected chi connectivity index (χ2v) is 6.71. The highest BCUT2D eigenvalue weighted by atomic mass is 16.5. The van der Waals surface area contributed by atoms with Crippen molar-refractivity contribution < 1.29 is 14.6 Å². The van der Waals surface area contributed by atoms with Crippen LogP contribution in [0.1, 0.15) is 69.9 Å². The minimum absolute atomic E-state index is 0.0523. The van der Waals surface area contributed by atoms with Crippen molar-refractivity contribution in [3.8, 4) is 0 Å². The number of carbonyl (C=O) groups is 1. The monoisotopic (exact) mass is 318 g/mol. The maximum atomic E-state index is 11.8. The molecule has 1 N–H and O–H groups in total. The van der Waals surface area contributed by atoms with Crippen molar-refractivity contribution in [3.63, 3.8) is 0 Å². The van der Waals surface area contributed by atoms with E-state index in [9.17, 15) is 9.90 Å². The molecule has 1 aliphatic rings. The zero-order valence-corrected chi connectivity index (χ0v) is 14.5. The smallest absolute Gasteiger partial charge is 0.308 e. The molecule has 1 fully saturated rings. The standard InChI is InChI=1S/C20H30O3/c1-3-5-6-7-16-8-10-18(11-9-16)20(22)14-12-17(13-15-20)19(21)23-4-2/h8-11,17,22H,3-7,12-15H2,1-2H3. The van der Waals surface area contributed by atoms with E-state index in [1.807, 2.05) is 6.92 Å². The van der Waals surface area contributed by atoms with Gasteiger partial charge in [0.05, 0.1) is 18.1 Å². The average molecular weight is 318 g/mol. The zero-order valence-electron chi connectivity index (χ0n) is 14.5. The lowest BCUT2D eigenvalue weighted by Crippen LogP contribution is -2.34. The van der Waals surface area contributed by atoms with E-state index in [0.29, 0.717) is 32.3 Å². The van der Waals surface area contributed by atoms with Crippen LogP contribution in [0.3, 0.4) is 0 Å². The summed E-state index contributed by atoms with van der Waals surface area (Å²) in [6.07, 6.45) is 7.50. The Morgan fingerprint density at radius 1 is 1.17 bits per heavy atom. The molecule has 0 bridgehead atoms. The Labute approximate surface area is 140 Å². The summed E-state index contributed by atoms with van der Waals surface area (Å²) in [7, 11) is 0. The molecule has 0 aromatic heterocycles. The summed E-state index contributed by atoms with van der Waals surface area (Å²) in [6.45, 7) is 4.48. The Hall–Kier alpha value is -1.35. The number of esters is 1. The quantitative estimate of drug-likeness (QED) is 0.600. The normalized spacial score (nSPS) is 24.4. The fourth-order valence-electron chi connectivity index (χ4n) is 3.44. The molecule has 0 spiro atoms. The Bertz CT molecular complexity index is 484. The van der Waals surface area contributed by atoms with Crippen molar-refractivity contribution >= 4 is 5.97 Å². The summed E-state index contributed by atoms with van der Waals surface area (Å²) in [5.74, 6) is -0.163. The van der Waals surface area contributed by atoms with Gasteiger partial charge in [0.2, 0.25) is 0 Å². The van der Waals surface area contributed by atoms with E-state index >= 15 is 0 Å². The number of hydrogen-bond donors (Lipinski definition) is 1. The first kappa shape index (κ1) is 18.0. The molecule has 0 atom stereocenters. The van der Waals surface area contributed by atoms with Crippen molar-refractivity contribution in [2.45, 2.75) is 70.8 Å². The van der Waals surface area contributed by atoms with E-state index in [0.717, 1.165) is 12.0 Å². The molecular weight excluding hydrogens is 288 g/mol. The van der Waals surface area contributed by atoms with E-state index in [4.69, 9.17) is 4.74 Å². The van der Waals surface area contributed by atoms with Crippen LogP contribution in [-0.4, -0.2) is 17.7 Å². The first-order valence-corrected chi connectivity index (χ1v) is 9.07. The van der Waals surface area contributed by atoms with Crippen molar-refractivity contribution in [3.05, 3.63) is 35.4 Å². The Morgan fingerprint density at radius 2 is 1.83 bits per heavy atom. The largest absolute Gasteiger partial charge is 0.466 e. The van der Waals surface area contributed by atoms with Gasteiger partial charge in [-0.3, -0.25) is 4.79 Å². The summed E-state index contributed by atoms with van der Waals surface area (Å²) in [5.41, 5.74) is 1.54. The third-order valence-electron chi connectivity index (χ3n) is 4.99. The van der Waals surface area contributed by atoms with Gasteiger partial charge >= 0.3 is 5.97 Å². The molecule has 0 radical (unpaired) electrons. The number of ether oxygens (including phenoxy) is 1. The first-order chi connectivity index (χ1) is 11.1. The van der Waals surface area contributed by atoms with Crippen LogP contribution in [0.25, 0.3) is 0 Å². The summed E-state index contributed by atoms with van der Waals surface area (Å²) in [4.78, 5) is 11.8. The van der Waals surface area contributed by atoms with Gasteiger partial charge in [-0.25, -0.2) is 0 Å². The molecule has 0 heterocycles. The van der Waals surface area contributed by atoms with Crippen LogP contribution in [0.2, 0.25) is 0 Å². The fourth-order valence-corrected chi connectivity index (χ4v) is 3.44. The van der Waals surface area contributed by atoms with Crippen LogP contribution >= 0.6 is 0 Å². The molecule has 3 heteroatoms. The number of aryl methyl sites for hydroxylation is 1. The van der Waals surface area contributed by atoms with Crippen LogP contribution in [0.4, 0.5) is 0 Å². The predicted octanol–water partition coefficient (Wildman–Crippen LogP) is 4.36. The van der Waals surface area contributed by atoms with Crippen molar-refractivity contribution in [2.75, 3.05) is 6.61 Å². The predicted molar refractivity (Wildman–Crippen MR) is 92.2 cm³/mol. The number of carbonyl (C=O) groups excluding carboxylic acids is 1. The van der Waals surface area contributed by atoms with Crippen LogP contribution in [0.5, 0.6) is 0 Å². The van der Waals surface area contributed by atoms with Crippen LogP contribution in [0, 0.1) is 5.92 Å². The Morgan fingerprint density at radius 3 is 2.39 bits per heavy atom. The van der Waals surface area contributed by atoms with Crippen LogP contribution < -0.4 is 0 Å². The van der Waals surface area contributed by atoms with E-state index in [1.165, 1.54) is 24.8 Å². The van der Waals surface area contributed by atoms with Gasteiger partial charge in [0, 0.05) is 0 Å². The number of rotatable bonds is 7. The summed E-state index contributed by atoms with van der Waals surface area (Å²) >= 11 is 0. The van der Waals surface area contributed by atoms with Gasteiger partial charge in [0.25, 0.3) is 0 Å². The second kappa shape index (κ2) is 8.49. The lowest BCUT2D eigenvalue weighted by atomic mass is 9.75. The van der Waals surface area contributed by atoms with E-state index in [1.54, 1.807) is 0 Å². The van der Waals surface area contributed by atoms with Crippen molar-refractivity contribution in [1.29, 1.82) is 0 Å².